The van der Waals surface area contributed by atoms with Gasteiger partial charge in [-0.15, -0.1) is 0 Å². The van der Waals surface area contributed by atoms with Crippen molar-refractivity contribution in [1.82, 2.24) is 14.0 Å². The molecule has 8 nitrogen and oxygen atoms in total. The van der Waals surface area contributed by atoms with Gasteiger partial charge in [0, 0.05) is 20.6 Å². The van der Waals surface area contributed by atoms with E-state index in [1.54, 1.807) is 44.9 Å². The van der Waals surface area contributed by atoms with Crippen molar-refractivity contribution in [1.29, 1.82) is 0 Å². The highest BCUT2D eigenvalue weighted by Gasteiger charge is 2.29. The Bertz CT molecular complexity index is 1130. The molecule has 32 heavy (non-hydrogen) atoms. The Kier molecular flexibility index (Phi) is 7.23. The largest absolute Gasteiger partial charge is 0.484 e. The molecule has 0 radical (unpaired) electrons. The Morgan fingerprint density at radius 3 is 2.19 bits per heavy atom. The summed E-state index contributed by atoms with van der Waals surface area (Å²) in [6.07, 6.45) is -4.44. The zero-order valence-electron chi connectivity index (χ0n) is 18.8. The Morgan fingerprint density at radius 2 is 1.69 bits per heavy atom. The van der Waals surface area contributed by atoms with Crippen LogP contribution < -0.4 is 21.7 Å². The summed E-state index contributed by atoms with van der Waals surface area (Å²) in [7, 11) is 4.31. The van der Waals surface area contributed by atoms with Crippen LogP contribution >= 0.6 is 0 Å². The summed E-state index contributed by atoms with van der Waals surface area (Å²) in [6.45, 7) is 3.79. The molecular formula is C21H27F3N4O4. The van der Waals surface area contributed by atoms with E-state index in [4.69, 9.17) is 10.5 Å². The average molecular weight is 456 g/mol. The van der Waals surface area contributed by atoms with Crippen molar-refractivity contribution in [3.05, 3.63) is 55.2 Å². The molecule has 1 aromatic heterocycles. The number of carbonyl (C=O) groups excluding carboxylic acids is 1. The Balaban J connectivity index is 2.27. The maximum atomic E-state index is 13.0. The molecule has 1 atom stereocenters. The number of nitrogen functional groups attached to an aromatic ring is 1. The third-order valence-electron chi connectivity index (χ3n) is 5.33. The van der Waals surface area contributed by atoms with Gasteiger partial charge in [-0.05, 0) is 44.5 Å². The molecule has 0 aliphatic rings. The van der Waals surface area contributed by atoms with Crippen LogP contribution in [0.4, 0.5) is 19.0 Å². The van der Waals surface area contributed by atoms with Gasteiger partial charge in [0.1, 0.15) is 17.1 Å². The number of anilines is 1. The van der Waals surface area contributed by atoms with Gasteiger partial charge >= 0.3 is 11.9 Å². The van der Waals surface area contributed by atoms with Crippen molar-refractivity contribution in [2.45, 2.75) is 39.5 Å². The SMILES string of the molecule is Cc1cc(CN(C)C(C)C(=O)c2c(N)n(C)c(=O)n(C)c2=O)cc(C)c1OCC(F)(F)F. The average Bonchev–Trinajstić information content (AvgIpc) is 2.68. The number of benzene rings is 1. The highest BCUT2D eigenvalue weighted by Crippen LogP contribution is 2.28. The molecule has 2 N–H and O–H groups in total. The molecule has 11 heteroatoms. The number of ether oxygens (including phenoxy) is 1. The standard InChI is InChI=1S/C21H27F3N4O4/c1-11-7-14(8-12(2)17(11)32-10-21(22,23)24)9-26(4)13(3)16(29)15-18(25)27(5)20(31)28(6)19(15)30/h7-8,13H,9-10,25H2,1-6H3. The number of hydrogen-bond donors (Lipinski definition) is 1. The summed E-state index contributed by atoms with van der Waals surface area (Å²) in [5, 5.41) is 0. The van der Waals surface area contributed by atoms with Crippen molar-refractivity contribution >= 4 is 11.6 Å². The van der Waals surface area contributed by atoms with Crippen LogP contribution in [-0.2, 0) is 20.6 Å². The molecule has 2 rings (SSSR count). The number of Topliss-reactive ketones (excluding diaryl/α,β-unsaturated/α-hetero) is 1. The van der Waals surface area contributed by atoms with E-state index in [1.165, 1.54) is 14.1 Å². The van der Waals surface area contributed by atoms with Crippen LogP contribution in [0, 0.1) is 13.8 Å². The molecule has 0 saturated carbocycles. The fraction of sp³-hybridized carbons (Fsp3) is 0.476. The summed E-state index contributed by atoms with van der Waals surface area (Å²) >= 11 is 0. The smallest absolute Gasteiger partial charge is 0.422 e. The maximum absolute atomic E-state index is 13.0. The van der Waals surface area contributed by atoms with E-state index >= 15 is 0 Å². The van der Waals surface area contributed by atoms with E-state index < -0.39 is 35.9 Å². The number of nitrogens with two attached hydrogens (primary N) is 1. The molecular weight excluding hydrogens is 429 g/mol. The predicted octanol–water partition coefficient (Wildman–Crippen LogP) is 1.93. The van der Waals surface area contributed by atoms with E-state index in [1.807, 2.05) is 0 Å². The van der Waals surface area contributed by atoms with Crippen molar-refractivity contribution < 1.29 is 22.7 Å². The second-order valence-corrected chi connectivity index (χ2v) is 7.88. The lowest BCUT2D eigenvalue weighted by Gasteiger charge is -2.25. The van der Waals surface area contributed by atoms with Crippen molar-refractivity contribution in [3.8, 4) is 5.75 Å². The first-order chi connectivity index (χ1) is 14.7. The third kappa shape index (κ3) is 5.21. The molecule has 0 aliphatic heterocycles. The van der Waals surface area contributed by atoms with Crippen LogP contribution in [0.25, 0.3) is 0 Å². The van der Waals surface area contributed by atoms with Gasteiger partial charge in [-0.1, -0.05) is 12.1 Å². The number of likely N-dealkylation sites (N-methyl/N-ethyl adjacent to an activating group) is 1. The van der Waals surface area contributed by atoms with Gasteiger partial charge in [0.25, 0.3) is 5.56 Å². The van der Waals surface area contributed by atoms with E-state index in [0.717, 1.165) is 14.7 Å². The number of carbonyl (C=O) groups is 1. The summed E-state index contributed by atoms with van der Waals surface area (Å²) < 4.78 is 44.2. The first-order valence-corrected chi connectivity index (χ1v) is 9.75. The molecule has 0 saturated heterocycles. The monoisotopic (exact) mass is 456 g/mol. The predicted molar refractivity (Wildman–Crippen MR) is 114 cm³/mol. The van der Waals surface area contributed by atoms with Crippen LogP contribution in [0.3, 0.4) is 0 Å². The molecule has 1 aromatic carbocycles. The molecule has 0 fully saturated rings. The number of nitrogens with zero attached hydrogens (tertiary/aromatic N) is 3. The molecule has 1 heterocycles. The topological polar surface area (TPSA) is 99.6 Å². The molecule has 0 spiro atoms. The van der Waals surface area contributed by atoms with Gasteiger partial charge in [0.05, 0.1) is 6.04 Å². The first kappa shape index (κ1) is 25.2. The summed E-state index contributed by atoms with van der Waals surface area (Å²) in [5.41, 5.74) is 6.03. The Labute approximate surface area is 183 Å². The summed E-state index contributed by atoms with van der Waals surface area (Å²) in [4.78, 5) is 39.2. The number of halogens is 3. The maximum Gasteiger partial charge on any atom is 0.422 e. The zero-order chi connectivity index (χ0) is 24.5. The van der Waals surface area contributed by atoms with Gasteiger partial charge in [0.15, 0.2) is 12.4 Å². The van der Waals surface area contributed by atoms with Crippen molar-refractivity contribution in [3.63, 3.8) is 0 Å². The van der Waals surface area contributed by atoms with Gasteiger partial charge in [-0.2, -0.15) is 13.2 Å². The van der Waals surface area contributed by atoms with Gasteiger partial charge in [-0.3, -0.25) is 23.6 Å². The van der Waals surface area contributed by atoms with Gasteiger partial charge in [-0.25, -0.2) is 4.79 Å². The highest BCUT2D eigenvalue weighted by molar-refractivity contribution is 6.03. The van der Waals surface area contributed by atoms with Crippen molar-refractivity contribution in [2.24, 2.45) is 14.1 Å². The first-order valence-electron chi connectivity index (χ1n) is 9.75. The van der Waals surface area contributed by atoms with Gasteiger partial charge in [0.2, 0.25) is 0 Å². The Hall–Kier alpha value is -3.08. The summed E-state index contributed by atoms with van der Waals surface area (Å²) in [6, 6.07) is 2.61. The number of rotatable bonds is 7. The van der Waals surface area contributed by atoms with Crippen LogP contribution in [0.1, 0.15) is 34.0 Å². The van der Waals surface area contributed by atoms with Crippen LogP contribution in [0.2, 0.25) is 0 Å². The number of alkyl halides is 3. The molecule has 2 aromatic rings. The second-order valence-electron chi connectivity index (χ2n) is 7.88. The van der Waals surface area contributed by atoms with Gasteiger partial charge < -0.3 is 10.5 Å². The molecule has 1 unspecified atom stereocenters. The minimum absolute atomic E-state index is 0.166. The normalized spacial score (nSPS) is 12.8. The van der Waals surface area contributed by atoms with E-state index in [2.05, 4.69) is 0 Å². The molecule has 0 amide bonds. The molecule has 0 aliphatic carbocycles. The number of hydrogen-bond acceptors (Lipinski definition) is 6. The fourth-order valence-electron chi connectivity index (χ4n) is 3.44. The Morgan fingerprint density at radius 1 is 1.16 bits per heavy atom. The third-order valence-corrected chi connectivity index (χ3v) is 5.33. The minimum atomic E-state index is -4.44. The fourth-order valence-corrected chi connectivity index (χ4v) is 3.44. The number of aryl methyl sites for hydroxylation is 2. The lowest BCUT2D eigenvalue weighted by Crippen LogP contribution is -2.45. The molecule has 0 bridgehead atoms. The zero-order valence-corrected chi connectivity index (χ0v) is 18.8. The minimum Gasteiger partial charge on any atom is -0.484 e. The van der Waals surface area contributed by atoms with Crippen LogP contribution in [-0.4, -0.2) is 45.7 Å². The van der Waals surface area contributed by atoms with E-state index in [-0.39, 0.29) is 23.7 Å². The quantitative estimate of drug-likeness (QED) is 0.640. The lowest BCUT2D eigenvalue weighted by atomic mass is 10.0. The van der Waals surface area contributed by atoms with Crippen LogP contribution in [0.15, 0.2) is 21.7 Å². The second kappa shape index (κ2) is 9.19. The van der Waals surface area contributed by atoms with E-state index in [0.29, 0.717) is 11.1 Å². The molecule has 176 valence electrons. The number of aromatic nitrogens is 2. The van der Waals surface area contributed by atoms with Crippen molar-refractivity contribution in [2.75, 3.05) is 19.4 Å². The van der Waals surface area contributed by atoms with Crippen LogP contribution in [0.5, 0.6) is 5.75 Å². The lowest BCUT2D eigenvalue weighted by molar-refractivity contribution is -0.153. The highest BCUT2D eigenvalue weighted by atomic mass is 19.4. The van der Waals surface area contributed by atoms with E-state index in [9.17, 15) is 27.6 Å². The number of ketones is 1. The summed E-state index contributed by atoms with van der Waals surface area (Å²) in [5.74, 6) is -0.583.